The van der Waals surface area contributed by atoms with Crippen molar-refractivity contribution in [3.63, 3.8) is 0 Å². The molecule has 5 nitrogen and oxygen atoms in total. The number of aryl methyl sites for hydroxylation is 1. The minimum Gasteiger partial charge on any atom is -0.338 e. The number of nitrogens with zero attached hydrogens (tertiary/aromatic N) is 2. The second-order valence-electron chi connectivity index (χ2n) is 6.32. The molecule has 1 N–H and O–H groups in total. The Kier molecular flexibility index (Phi) is 6.94. The summed E-state index contributed by atoms with van der Waals surface area (Å²) in [5.74, 6) is -0.262. The zero-order chi connectivity index (χ0) is 17.6. The summed E-state index contributed by atoms with van der Waals surface area (Å²) < 4.78 is 0. The Labute approximate surface area is 138 Å². The molecule has 0 aliphatic rings. The summed E-state index contributed by atoms with van der Waals surface area (Å²) in [6, 6.07) is 7.52. The molecule has 1 rings (SSSR count). The van der Waals surface area contributed by atoms with Crippen molar-refractivity contribution in [2.24, 2.45) is 5.10 Å². The number of carbonyl (C=O) groups excluding carboxylic acids is 2. The highest BCUT2D eigenvalue weighted by molar-refractivity contribution is 6.01. The number of rotatable bonds is 6. The molecule has 5 heteroatoms. The molecular weight excluding hydrogens is 290 g/mol. The topological polar surface area (TPSA) is 61.8 Å². The first-order valence-corrected chi connectivity index (χ1v) is 7.93. The second kappa shape index (κ2) is 8.46. The fraction of sp³-hybridized carbons (Fsp3) is 0.500. The van der Waals surface area contributed by atoms with Gasteiger partial charge in [-0.2, -0.15) is 5.10 Å². The average Bonchev–Trinajstić information content (AvgIpc) is 2.44. The minimum atomic E-state index is -0.277. The predicted molar refractivity (Wildman–Crippen MR) is 93.5 cm³/mol. The van der Waals surface area contributed by atoms with Crippen LogP contribution in [0.15, 0.2) is 29.4 Å². The summed E-state index contributed by atoms with van der Waals surface area (Å²) >= 11 is 0. The number of carbonyl (C=O) groups is 2. The van der Waals surface area contributed by atoms with E-state index in [2.05, 4.69) is 10.5 Å². The van der Waals surface area contributed by atoms with Crippen molar-refractivity contribution < 1.29 is 9.59 Å². The first-order valence-electron chi connectivity index (χ1n) is 7.93. The van der Waals surface area contributed by atoms with E-state index >= 15 is 0 Å². The van der Waals surface area contributed by atoms with Gasteiger partial charge in [0.15, 0.2) is 0 Å². The molecule has 0 unspecified atom stereocenters. The lowest BCUT2D eigenvalue weighted by Crippen LogP contribution is -2.42. The van der Waals surface area contributed by atoms with E-state index in [-0.39, 0.29) is 30.3 Å². The smallest absolute Gasteiger partial charge is 0.271 e. The molecule has 0 saturated heterocycles. The Hall–Kier alpha value is -2.17. The molecule has 0 fully saturated rings. The van der Waals surface area contributed by atoms with Gasteiger partial charge in [-0.3, -0.25) is 9.59 Å². The maximum absolute atomic E-state index is 12.3. The number of hydrazone groups is 1. The Morgan fingerprint density at radius 1 is 1.09 bits per heavy atom. The maximum atomic E-state index is 12.3. The van der Waals surface area contributed by atoms with Gasteiger partial charge in [0.2, 0.25) is 5.91 Å². The summed E-state index contributed by atoms with van der Waals surface area (Å²) in [7, 11) is 0. The van der Waals surface area contributed by atoms with Gasteiger partial charge < -0.3 is 4.90 Å². The van der Waals surface area contributed by atoms with Crippen molar-refractivity contribution in [3.05, 3.63) is 35.4 Å². The molecule has 0 bridgehead atoms. The van der Waals surface area contributed by atoms with Crippen LogP contribution in [0.5, 0.6) is 0 Å². The molecule has 0 aliphatic carbocycles. The van der Waals surface area contributed by atoms with E-state index in [0.29, 0.717) is 11.3 Å². The van der Waals surface area contributed by atoms with Crippen LogP contribution in [0.3, 0.4) is 0 Å². The van der Waals surface area contributed by atoms with E-state index < -0.39 is 0 Å². The Bertz CT molecular complexity index is 566. The molecule has 0 saturated carbocycles. The maximum Gasteiger partial charge on any atom is 0.271 e. The molecule has 2 amide bonds. The van der Waals surface area contributed by atoms with Crippen LogP contribution >= 0.6 is 0 Å². The molecule has 1 aromatic rings. The van der Waals surface area contributed by atoms with Crippen molar-refractivity contribution in [3.8, 4) is 0 Å². The number of hydrogen-bond donors (Lipinski definition) is 1. The molecule has 0 aliphatic heterocycles. The Morgan fingerprint density at radius 3 is 2.09 bits per heavy atom. The largest absolute Gasteiger partial charge is 0.338 e. The Balaban J connectivity index is 2.65. The lowest BCUT2D eigenvalue weighted by molar-refractivity contribution is -0.133. The van der Waals surface area contributed by atoms with Gasteiger partial charge in [-0.1, -0.05) is 17.7 Å². The van der Waals surface area contributed by atoms with Crippen LogP contribution in [-0.4, -0.2) is 34.5 Å². The zero-order valence-corrected chi connectivity index (χ0v) is 14.9. The van der Waals surface area contributed by atoms with Gasteiger partial charge in [-0.05, 0) is 53.7 Å². The van der Waals surface area contributed by atoms with E-state index in [1.54, 1.807) is 19.1 Å². The summed E-state index contributed by atoms with van der Waals surface area (Å²) in [4.78, 5) is 26.1. The molecule has 0 aromatic heterocycles. The average molecular weight is 317 g/mol. The van der Waals surface area contributed by atoms with Crippen LogP contribution in [-0.2, 0) is 4.79 Å². The number of nitrogens with one attached hydrogen (secondary N) is 1. The molecule has 23 heavy (non-hydrogen) atoms. The quantitative estimate of drug-likeness (QED) is 0.647. The van der Waals surface area contributed by atoms with Crippen LogP contribution in [0.4, 0.5) is 0 Å². The molecule has 0 spiro atoms. The predicted octanol–water partition coefficient (Wildman–Crippen LogP) is 3.14. The molecule has 0 radical (unpaired) electrons. The summed E-state index contributed by atoms with van der Waals surface area (Å²) in [6.45, 7) is 11.7. The highest BCUT2D eigenvalue weighted by atomic mass is 16.2. The normalized spacial score (nSPS) is 11.7. The summed E-state index contributed by atoms with van der Waals surface area (Å²) in [5, 5.41) is 4.03. The zero-order valence-electron chi connectivity index (χ0n) is 14.9. The van der Waals surface area contributed by atoms with Crippen molar-refractivity contribution in [2.75, 3.05) is 0 Å². The molecule has 1 aromatic carbocycles. The van der Waals surface area contributed by atoms with Gasteiger partial charge in [-0.25, -0.2) is 5.43 Å². The van der Waals surface area contributed by atoms with Crippen molar-refractivity contribution >= 4 is 17.5 Å². The van der Waals surface area contributed by atoms with Crippen LogP contribution in [0.25, 0.3) is 0 Å². The highest BCUT2D eigenvalue weighted by Gasteiger charge is 2.20. The molecular formula is C18H27N3O2. The third kappa shape index (κ3) is 5.85. The first kappa shape index (κ1) is 18.9. The van der Waals surface area contributed by atoms with E-state index in [4.69, 9.17) is 0 Å². The van der Waals surface area contributed by atoms with Crippen molar-refractivity contribution in [2.45, 2.75) is 60.0 Å². The van der Waals surface area contributed by atoms with E-state index in [0.717, 1.165) is 5.56 Å². The van der Waals surface area contributed by atoms with Crippen LogP contribution in [0.1, 0.15) is 57.0 Å². The number of hydrogen-bond acceptors (Lipinski definition) is 3. The number of benzene rings is 1. The van der Waals surface area contributed by atoms with E-state index in [1.165, 1.54) is 0 Å². The fourth-order valence-electron chi connectivity index (χ4n) is 2.44. The monoisotopic (exact) mass is 317 g/mol. The standard InChI is InChI=1S/C18H27N3O2/c1-12(2)21(13(3)4)17(22)11-15(6)19-20-18(23)16-9-7-14(5)8-10-16/h7-10,12-13H,11H2,1-6H3,(H,20,23)/b19-15+. The summed E-state index contributed by atoms with van der Waals surface area (Å²) in [5.41, 5.74) is 4.72. The third-order valence-corrected chi connectivity index (χ3v) is 3.47. The van der Waals surface area contributed by atoms with Gasteiger partial charge in [-0.15, -0.1) is 0 Å². The van der Waals surface area contributed by atoms with Crippen molar-refractivity contribution in [1.82, 2.24) is 10.3 Å². The van der Waals surface area contributed by atoms with Gasteiger partial charge in [0.05, 0.1) is 6.42 Å². The third-order valence-electron chi connectivity index (χ3n) is 3.47. The molecule has 0 atom stereocenters. The molecule has 0 heterocycles. The Morgan fingerprint density at radius 2 is 1.61 bits per heavy atom. The van der Waals surface area contributed by atoms with E-state index in [1.807, 2.05) is 51.7 Å². The lowest BCUT2D eigenvalue weighted by atomic mass is 10.1. The van der Waals surface area contributed by atoms with Crippen LogP contribution < -0.4 is 5.43 Å². The SMILES string of the molecule is C/C(CC(=O)N(C(C)C)C(C)C)=N\NC(=O)c1ccc(C)cc1. The van der Waals surface area contributed by atoms with Crippen molar-refractivity contribution in [1.29, 1.82) is 0 Å². The number of amides is 2. The highest BCUT2D eigenvalue weighted by Crippen LogP contribution is 2.08. The van der Waals surface area contributed by atoms with E-state index in [9.17, 15) is 9.59 Å². The van der Waals surface area contributed by atoms with Gasteiger partial charge >= 0.3 is 0 Å². The van der Waals surface area contributed by atoms with Gasteiger partial charge in [0, 0.05) is 23.4 Å². The van der Waals surface area contributed by atoms with Gasteiger partial charge in [0.1, 0.15) is 0 Å². The van der Waals surface area contributed by atoms with Gasteiger partial charge in [0.25, 0.3) is 5.91 Å². The first-order chi connectivity index (χ1) is 10.7. The van der Waals surface area contributed by atoms with Crippen LogP contribution in [0.2, 0.25) is 0 Å². The summed E-state index contributed by atoms with van der Waals surface area (Å²) in [6.07, 6.45) is 0.199. The minimum absolute atomic E-state index is 0.0147. The second-order valence-corrected chi connectivity index (χ2v) is 6.32. The molecule has 126 valence electrons. The van der Waals surface area contributed by atoms with Crippen LogP contribution in [0, 0.1) is 6.92 Å². The fourth-order valence-corrected chi connectivity index (χ4v) is 2.44. The lowest BCUT2D eigenvalue weighted by Gasteiger charge is -2.30.